The second-order valence-corrected chi connectivity index (χ2v) is 5.34. The van der Waals surface area contributed by atoms with Crippen molar-refractivity contribution in [2.75, 3.05) is 6.61 Å². The van der Waals surface area contributed by atoms with Crippen LogP contribution in [0, 0.1) is 11.3 Å². The number of carbonyl (C=O) groups is 1. The molecule has 3 fully saturated rings. The molecule has 3 nitrogen and oxygen atoms in total. The van der Waals surface area contributed by atoms with Crippen molar-refractivity contribution in [3.63, 3.8) is 0 Å². The summed E-state index contributed by atoms with van der Waals surface area (Å²) in [7, 11) is 0. The van der Waals surface area contributed by atoms with Gasteiger partial charge >= 0.3 is 5.97 Å². The Balaban J connectivity index is 1.64. The van der Waals surface area contributed by atoms with Crippen molar-refractivity contribution in [2.24, 2.45) is 11.3 Å². The fourth-order valence-electron chi connectivity index (χ4n) is 3.19. The van der Waals surface area contributed by atoms with Crippen molar-refractivity contribution < 1.29 is 14.6 Å². The normalized spacial score (nSPS) is 34.2. The maximum Gasteiger partial charge on any atom is 0.338 e. The zero-order chi connectivity index (χ0) is 11.9. The molecule has 17 heavy (non-hydrogen) atoms. The summed E-state index contributed by atoms with van der Waals surface area (Å²) in [5.41, 5.74) is 0.668. The Hall–Kier alpha value is -1.35. The zero-order valence-electron chi connectivity index (χ0n) is 9.63. The van der Waals surface area contributed by atoms with E-state index in [4.69, 9.17) is 4.74 Å². The first kappa shape index (κ1) is 10.8. The van der Waals surface area contributed by atoms with E-state index < -0.39 is 0 Å². The van der Waals surface area contributed by atoms with Crippen LogP contribution in [0.4, 0.5) is 0 Å². The molecule has 1 N–H and O–H groups in total. The average molecular weight is 232 g/mol. The van der Waals surface area contributed by atoms with E-state index in [2.05, 4.69) is 0 Å². The number of fused-ring (bicyclic) bond motifs is 1. The second kappa shape index (κ2) is 3.84. The van der Waals surface area contributed by atoms with Crippen molar-refractivity contribution in [1.82, 2.24) is 0 Å². The van der Waals surface area contributed by atoms with E-state index >= 15 is 0 Å². The molecule has 0 saturated heterocycles. The highest BCUT2D eigenvalue weighted by Gasteiger charge is 2.57. The number of carbonyl (C=O) groups excluding carboxylic acids is 1. The lowest BCUT2D eigenvalue weighted by Crippen LogP contribution is -2.32. The molecule has 4 rings (SSSR count). The first-order chi connectivity index (χ1) is 8.22. The monoisotopic (exact) mass is 232 g/mol. The predicted molar refractivity (Wildman–Crippen MR) is 62.5 cm³/mol. The van der Waals surface area contributed by atoms with Gasteiger partial charge in [-0.2, -0.15) is 0 Å². The lowest BCUT2D eigenvalue weighted by Gasteiger charge is -2.35. The average Bonchev–Trinajstić information content (AvgIpc) is 2.84. The van der Waals surface area contributed by atoms with E-state index in [0.29, 0.717) is 11.5 Å². The molecule has 90 valence electrons. The summed E-state index contributed by atoms with van der Waals surface area (Å²) in [4.78, 5) is 11.9. The number of hydrogen-bond donors (Lipinski definition) is 1. The van der Waals surface area contributed by atoms with Gasteiger partial charge in [-0.05, 0) is 42.7 Å². The molecule has 0 amide bonds. The second-order valence-electron chi connectivity index (χ2n) is 5.34. The highest BCUT2D eigenvalue weighted by atomic mass is 16.5. The van der Waals surface area contributed by atoms with Gasteiger partial charge in [0.15, 0.2) is 0 Å². The maximum absolute atomic E-state index is 11.9. The lowest BCUT2D eigenvalue weighted by atomic mass is 9.70. The quantitative estimate of drug-likeness (QED) is 0.811. The van der Waals surface area contributed by atoms with Crippen LogP contribution in [0.2, 0.25) is 0 Å². The fraction of sp³-hybridized carbons (Fsp3) is 0.500. The van der Waals surface area contributed by atoms with Gasteiger partial charge < -0.3 is 9.84 Å². The molecule has 3 aliphatic rings. The van der Waals surface area contributed by atoms with Crippen LogP contribution in [0.3, 0.4) is 0 Å². The number of ether oxygens (including phenoxy) is 1. The van der Waals surface area contributed by atoms with E-state index in [1.165, 1.54) is 0 Å². The van der Waals surface area contributed by atoms with Crippen LogP contribution in [0.25, 0.3) is 0 Å². The van der Waals surface area contributed by atoms with Gasteiger partial charge in [0.25, 0.3) is 0 Å². The van der Waals surface area contributed by atoms with Crippen LogP contribution < -0.4 is 0 Å². The summed E-state index contributed by atoms with van der Waals surface area (Å²) in [6.07, 6.45) is 2.86. The van der Waals surface area contributed by atoms with Crippen molar-refractivity contribution in [3.8, 4) is 0 Å². The van der Waals surface area contributed by atoms with Crippen molar-refractivity contribution in [2.45, 2.75) is 25.4 Å². The van der Waals surface area contributed by atoms with Crippen LogP contribution in [-0.2, 0) is 4.74 Å². The smallest absolute Gasteiger partial charge is 0.338 e. The molecule has 3 heteroatoms. The molecular weight excluding hydrogens is 216 g/mol. The number of hydrogen-bond acceptors (Lipinski definition) is 3. The molecule has 0 heterocycles. The van der Waals surface area contributed by atoms with E-state index in [1.54, 1.807) is 12.1 Å². The number of aliphatic hydroxyl groups is 1. The van der Waals surface area contributed by atoms with Crippen LogP contribution in [0.5, 0.6) is 0 Å². The third-order valence-electron chi connectivity index (χ3n) is 4.15. The summed E-state index contributed by atoms with van der Waals surface area (Å²) < 4.78 is 5.53. The molecule has 3 aliphatic carbocycles. The molecule has 0 aromatic heterocycles. The summed E-state index contributed by atoms with van der Waals surface area (Å²) in [6, 6.07) is 9.08. The Kier molecular flexibility index (Phi) is 2.44. The molecular formula is C14H16O3. The standard InChI is InChI=1S/C14H16O3/c15-9-14-6-11(7-14)12(8-14)17-13(16)10-4-2-1-3-5-10/h1-5,11-12,15H,6-9H2. The number of esters is 1. The van der Waals surface area contributed by atoms with Gasteiger partial charge in [-0.25, -0.2) is 4.79 Å². The molecule has 0 spiro atoms. The zero-order valence-corrected chi connectivity index (χ0v) is 9.63. The van der Waals surface area contributed by atoms with Crippen LogP contribution in [0.1, 0.15) is 29.6 Å². The molecule has 1 aromatic carbocycles. The van der Waals surface area contributed by atoms with Crippen molar-refractivity contribution >= 4 is 5.97 Å². The summed E-state index contributed by atoms with van der Waals surface area (Å²) in [6.45, 7) is 0.225. The van der Waals surface area contributed by atoms with E-state index in [0.717, 1.165) is 19.3 Å². The van der Waals surface area contributed by atoms with Gasteiger partial charge in [-0.15, -0.1) is 0 Å². The summed E-state index contributed by atoms with van der Waals surface area (Å²) in [5.74, 6) is 0.228. The third-order valence-corrected chi connectivity index (χ3v) is 4.15. The topological polar surface area (TPSA) is 46.5 Å². The van der Waals surface area contributed by atoms with Crippen molar-refractivity contribution in [1.29, 1.82) is 0 Å². The lowest BCUT2D eigenvalue weighted by molar-refractivity contribution is 0.0183. The molecule has 1 unspecified atom stereocenters. The molecule has 1 aromatic rings. The fourth-order valence-corrected chi connectivity index (χ4v) is 3.19. The number of rotatable bonds is 3. The maximum atomic E-state index is 11.9. The minimum Gasteiger partial charge on any atom is -0.458 e. The highest BCUT2D eigenvalue weighted by molar-refractivity contribution is 5.89. The Bertz CT molecular complexity index is 420. The molecule has 2 bridgehead atoms. The first-order valence-corrected chi connectivity index (χ1v) is 6.09. The first-order valence-electron chi connectivity index (χ1n) is 6.09. The number of benzene rings is 1. The van der Waals surface area contributed by atoms with Crippen LogP contribution >= 0.6 is 0 Å². The highest BCUT2D eigenvalue weighted by Crippen LogP contribution is 2.59. The van der Waals surface area contributed by atoms with Gasteiger partial charge in [-0.3, -0.25) is 0 Å². The SMILES string of the molecule is O=C(OC1CC2(CO)CC1C2)c1ccccc1. The largest absolute Gasteiger partial charge is 0.458 e. The summed E-state index contributed by atoms with van der Waals surface area (Å²) >= 11 is 0. The van der Waals surface area contributed by atoms with Gasteiger partial charge in [-0.1, -0.05) is 18.2 Å². The van der Waals surface area contributed by atoms with Crippen LogP contribution in [0.15, 0.2) is 30.3 Å². The molecule has 1 atom stereocenters. The molecule has 0 radical (unpaired) electrons. The predicted octanol–water partition coefficient (Wildman–Crippen LogP) is 2.00. The number of aliphatic hydroxyl groups excluding tert-OH is 1. The Morgan fingerprint density at radius 3 is 2.59 bits per heavy atom. The summed E-state index contributed by atoms with van der Waals surface area (Å²) in [5, 5.41) is 9.29. The van der Waals surface area contributed by atoms with E-state index in [9.17, 15) is 9.90 Å². The Morgan fingerprint density at radius 1 is 1.29 bits per heavy atom. The molecule has 3 saturated carbocycles. The van der Waals surface area contributed by atoms with Gasteiger partial charge in [0.2, 0.25) is 0 Å². The van der Waals surface area contributed by atoms with Crippen LogP contribution in [-0.4, -0.2) is 23.8 Å². The van der Waals surface area contributed by atoms with Crippen molar-refractivity contribution in [3.05, 3.63) is 35.9 Å². The van der Waals surface area contributed by atoms with Gasteiger partial charge in [0, 0.05) is 6.61 Å². The Morgan fingerprint density at radius 2 is 2.00 bits per heavy atom. The minimum atomic E-state index is -0.240. The van der Waals surface area contributed by atoms with Gasteiger partial charge in [0.05, 0.1) is 5.56 Å². The molecule has 0 aliphatic heterocycles. The third kappa shape index (κ3) is 1.75. The Labute approximate surface area is 100 Å². The minimum absolute atomic E-state index is 0.00913. The van der Waals surface area contributed by atoms with Gasteiger partial charge in [0.1, 0.15) is 6.10 Å². The van der Waals surface area contributed by atoms with E-state index in [-0.39, 0.29) is 24.1 Å². The van der Waals surface area contributed by atoms with E-state index in [1.807, 2.05) is 18.2 Å².